The van der Waals surface area contributed by atoms with Crippen molar-refractivity contribution in [3.63, 3.8) is 0 Å². The van der Waals surface area contributed by atoms with Crippen LogP contribution in [0.15, 0.2) is 24.3 Å². The molecular formula is C10H14FNO. The van der Waals surface area contributed by atoms with Crippen molar-refractivity contribution in [3.05, 3.63) is 35.6 Å². The fourth-order valence-electron chi connectivity index (χ4n) is 1.20. The van der Waals surface area contributed by atoms with Crippen molar-refractivity contribution >= 4 is 0 Å². The quantitative estimate of drug-likeness (QED) is 0.727. The molecule has 2 N–H and O–H groups in total. The first kappa shape index (κ1) is 10.2. The molecule has 0 spiro atoms. The van der Waals surface area contributed by atoms with Crippen LogP contribution in [-0.2, 0) is 10.3 Å². The van der Waals surface area contributed by atoms with E-state index in [9.17, 15) is 4.39 Å². The molecule has 2 nitrogen and oxygen atoms in total. The molecule has 0 aliphatic carbocycles. The molecular weight excluding hydrogens is 169 g/mol. The molecule has 0 radical (unpaired) electrons. The van der Waals surface area contributed by atoms with Crippen LogP contribution in [0.3, 0.4) is 0 Å². The van der Waals surface area contributed by atoms with Gasteiger partial charge in [-0.3, -0.25) is 0 Å². The summed E-state index contributed by atoms with van der Waals surface area (Å²) < 4.78 is 12.9. The summed E-state index contributed by atoms with van der Waals surface area (Å²) in [6, 6.07) is 6.47. The first-order chi connectivity index (χ1) is 6.06. The Morgan fingerprint density at radius 2 is 2.15 bits per heavy atom. The fourth-order valence-corrected chi connectivity index (χ4v) is 1.20. The van der Waals surface area contributed by atoms with Gasteiger partial charge in [0.1, 0.15) is 5.82 Å². The van der Waals surface area contributed by atoms with Crippen LogP contribution < -0.4 is 5.90 Å². The van der Waals surface area contributed by atoms with E-state index in [1.165, 1.54) is 12.1 Å². The van der Waals surface area contributed by atoms with Gasteiger partial charge in [-0.25, -0.2) is 10.3 Å². The summed E-state index contributed by atoms with van der Waals surface area (Å²) in [5, 5.41) is 0. The molecule has 1 rings (SSSR count). The van der Waals surface area contributed by atoms with Gasteiger partial charge in [0.25, 0.3) is 0 Å². The van der Waals surface area contributed by atoms with Crippen molar-refractivity contribution in [2.75, 3.05) is 6.61 Å². The molecule has 0 amide bonds. The van der Waals surface area contributed by atoms with Gasteiger partial charge in [-0.05, 0) is 17.7 Å². The summed E-state index contributed by atoms with van der Waals surface area (Å²) in [7, 11) is 0. The van der Waals surface area contributed by atoms with Crippen LogP contribution in [0.4, 0.5) is 4.39 Å². The van der Waals surface area contributed by atoms with Crippen LogP contribution in [0, 0.1) is 5.82 Å². The second-order valence-corrected chi connectivity index (χ2v) is 3.71. The lowest BCUT2D eigenvalue weighted by Crippen LogP contribution is -2.26. The molecule has 0 aliphatic rings. The molecule has 1 aromatic rings. The maximum absolute atomic E-state index is 12.9. The molecule has 13 heavy (non-hydrogen) atoms. The topological polar surface area (TPSA) is 35.2 Å². The Bertz CT molecular complexity index is 286. The van der Waals surface area contributed by atoms with Crippen LogP contribution >= 0.6 is 0 Å². The normalized spacial score (nSPS) is 11.7. The highest BCUT2D eigenvalue weighted by molar-refractivity contribution is 5.24. The Kier molecular flexibility index (Phi) is 3.01. The smallest absolute Gasteiger partial charge is 0.123 e. The number of halogens is 1. The van der Waals surface area contributed by atoms with Gasteiger partial charge in [-0.1, -0.05) is 26.0 Å². The van der Waals surface area contributed by atoms with Crippen LogP contribution in [0.25, 0.3) is 0 Å². The van der Waals surface area contributed by atoms with E-state index >= 15 is 0 Å². The van der Waals surface area contributed by atoms with Crippen molar-refractivity contribution < 1.29 is 9.23 Å². The lowest BCUT2D eigenvalue weighted by atomic mass is 9.86. The van der Waals surface area contributed by atoms with E-state index in [0.717, 1.165) is 5.56 Å². The highest BCUT2D eigenvalue weighted by atomic mass is 19.1. The number of nitrogens with two attached hydrogens (primary N) is 1. The van der Waals surface area contributed by atoms with E-state index in [2.05, 4.69) is 4.84 Å². The second-order valence-electron chi connectivity index (χ2n) is 3.71. The lowest BCUT2D eigenvalue weighted by Gasteiger charge is -2.23. The van der Waals surface area contributed by atoms with Crippen molar-refractivity contribution in [2.45, 2.75) is 19.3 Å². The third-order valence-corrected chi connectivity index (χ3v) is 2.05. The number of benzene rings is 1. The Morgan fingerprint density at radius 3 is 2.69 bits per heavy atom. The third kappa shape index (κ3) is 2.50. The molecule has 0 fully saturated rings. The molecule has 0 saturated heterocycles. The molecule has 0 bridgehead atoms. The van der Waals surface area contributed by atoms with Crippen LogP contribution in [0.2, 0.25) is 0 Å². The second kappa shape index (κ2) is 3.85. The Hall–Kier alpha value is -0.930. The number of hydrogen-bond donors (Lipinski definition) is 1. The zero-order chi connectivity index (χ0) is 9.90. The SMILES string of the molecule is CC(C)(CON)c1cccc(F)c1. The van der Waals surface area contributed by atoms with Gasteiger partial charge in [-0.15, -0.1) is 0 Å². The van der Waals surface area contributed by atoms with E-state index in [-0.39, 0.29) is 11.2 Å². The van der Waals surface area contributed by atoms with Gasteiger partial charge in [0.05, 0.1) is 6.61 Å². The largest absolute Gasteiger partial charge is 0.304 e. The molecule has 1 aromatic carbocycles. The monoisotopic (exact) mass is 183 g/mol. The maximum Gasteiger partial charge on any atom is 0.123 e. The van der Waals surface area contributed by atoms with E-state index < -0.39 is 0 Å². The lowest BCUT2D eigenvalue weighted by molar-refractivity contribution is 0.0963. The molecule has 0 aromatic heterocycles. The molecule has 72 valence electrons. The Morgan fingerprint density at radius 1 is 1.46 bits per heavy atom. The highest BCUT2D eigenvalue weighted by Crippen LogP contribution is 2.23. The van der Waals surface area contributed by atoms with Gasteiger partial charge >= 0.3 is 0 Å². The van der Waals surface area contributed by atoms with Crippen LogP contribution in [-0.4, -0.2) is 6.61 Å². The molecule has 0 unspecified atom stereocenters. The van der Waals surface area contributed by atoms with E-state index in [0.29, 0.717) is 6.61 Å². The van der Waals surface area contributed by atoms with Crippen LogP contribution in [0.5, 0.6) is 0 Å². The Labute approximate surface area is 77.5 Å². The predicted octanol–water partition coefficient (Wildman–Crippen LogP) is 1.99. The van der Waals surface area contributed by atoms with Gasteiger partial charge < -0.3 is 4.84 Å². The van der Waals surface area contributed by atoms with E-state index in [1.807, 2.05) is 19.9 Å². The number of rotatable bonds is 3. The first-order valence-electron chi connectivity index (χ1n) is 4.14. The summed E-state index contributed by atoms with van der Waals surface area (Å²) in [6.07, 6.45) is 0. The zero-order valence-electron chi connectivity index (χ0n) is 7.88. The number of hydrogen-bond acceptors (Lipinski definition) is 2. The first-order valence-corrected chi connectivity index (χ1v) is 4.14. The molecule has 0 heterocycles. The minimum Gasteiger partial charge on any atom is -0.304 e. The summed E-state index contributed by atoms with van der Waals surface area (Å²) in [6.45, 7) is 4.28. The predicted molar refractivity (Wildman–Crippen MR) is 49.6 cm³/mol. The molecule has 3 heteroatoms. The summed E-state index contributed by atoms with van der Waals surface area (Å²) in [5.41, 5.74) is 0.634. The molecule has 0 atom stereocenters. The average Bonchev–Trinajstić information content (AvgIpc) is 2.04. The van der Waals surface area contributed by atoms with Crippen molar-refractivity contribution in [2.24, 2.45) is 5.90 Å². The fraction of sp³-hybridized carbons (Fsp3) is 0.400. The minimum atomic E-state index is -0.253. The average molecular weight is 183 g/mol. The van der Waals surface area contributed by atoms with Gasteiger partial charge in [0.2, 0.25) is 0 Å². The Balaban J connectivity index is 2.93. The summed E-state index contributed by atoms with van der Waals surface area (Å²) in [4.78, 5) is 4.58. The summed E-state index contributed by atoms with van der Waals surface area (Å²) >= 11 is 0. The van der Waals surface area contributed by atoms with Gasteiger partial charge in [-0.2, -0.15) is 0 Å². The van der Waals surface area contributed by atoms with Crippen LogP contribution in [0.1, 0.15) is 19.4 Å². The highest BCUT2D eigenvalue weighted by Gasteiger charge is 2.20. The summed E-state index contributed by atoms with van der Waals surface area (Å²) in [5.74, 6) is 4.76. The van der Waals surface area contributed by atoms with E-state index in [4.69, 9.17) is 5.90 Å². The van der Waals surface area contributed by atoms with Gasteiger partial charge in [0, 0.05) is 5.41 Å². The van der Waals surface area contributed by atoms with E-state index in [1.54, 1.807) is 6.07 Å². The molecule has 0 saturated carbocycles. The molecule has 0 aliphatic heterocycles. The van der Waals surface area contributed by atoms with Gasteiger partial charge in [0.15, 0.2) is 0 Å². The minimum absolute atomic E-state index is 0.234. The third-order valence-electron chi connectivity index (χ3n) is 2.05. The standard InChI is InChI=1S/C10H14FNO/c1-10(2,7-13-12)8-4-3-5-9(11)6-8/h3-6H,7,12H2,1-2H3. The zero-order valence-corrected chi connectivity index (χ0v) is 7.88. The van der Waals surface area contributed by atoms with Crippen molar-refractivity contribution in [3.8, 4) is 0 Å². The van der Waals surface area contributed by atoms with Crippen molar-refractivity contribution in [1.82, 2.24) is 0 Å². The van der Waals surface area contributed by atoms with Crippen molar-refractivity contribution in [1.29, 1.82) is 0 Å². The maximum atomic E-state index is 12.9.